The fourth-order valence-electron chi connectivity index (χ4n) is 3.23. The zero-order valence-corrected chi connectivity index (χ0v) is 13.5. The Kier molecular flexibility index (Phi) is 6.37. The Labute approximate surface area is 129 Å². The van der Waals surface area contributed by atoms with Crippen LogP contribution < -0.4 is 14.8 Å². The lowest BCUT2D eigenvalue weighted by molar-refractivity contribution is 0.192. The van der Waals surface area contributed by atoms with Gasteiger partial charge in [0.25, 0.3) is 0 Å². The molecular formula is C18H29NO2. The van der Waals surface area contributed by atoms with E-state index in [9.17, 15) is 0 Å². The van der Waals surface area contributed by atoms with Crippen molar-refractivity contribution in [2.45, 2.75) is 45.4 Å². The highest BCUT2D eigenvalue weighted by molar-refractivity contribution is 5.31. The molecule has 1 aliphatic rings. The smallest absolute Gasteiger partial charge is 0.119 e. The summed E-state index contributed by atoms with van der Waals surface area (Å²) in [6.07, 6.45) is 7.78. The fraction of sp³-hybridized carbons (Fsp3) is 0.667. The zero-order valence-electron chi connectivity index (χ0n) is 13.5. The summed E-state index contributed by atoms with van der Waals surface area (Å²) < 4.78 is 11.1. The standard InChI is InChI=1S/C18H29NO2/c1-3-13-19-15-18(10-4-5-11-18)12-14-21-17-8-6-16(20-2)7-9-17/h6-9,19H,3-5,10-15H2,1-2H3. The van der Waals surface area contributed by atoms with E-state index in [0.29, 0.717) is 5.41 Å². The minimum Gasteiger partial charge on any atom is -0.497 e. The van der Waals surface area contributed by atoms with Gasteiger partial charge in [-0.1, -0.05) is 19.8 Å². The lowest BCUT2D eigenvalue weighted by Crippen LogP contribution is -2.34. The van der Waals surface area contributed by atoms with Crippen LogP contribution in [-0.2, 0) is 0 Å². The predicted molar refractivity (Wildman–Crippen MR) is 87.2 cm³/mol. The first-order valence-corrected chi connectivity index (χ1v) is 8.25. The average molecular weight is 291 g/mol. The van der Waals surface area contributed by atoms with Gasteiger partial charge in [-0.05, 0) is 61.9 Å². The van der Waals surface area contributed by atoms with Gasteiger partial charge in [-0.2, -0.15) is 0 Å². The van der Waals surface area contributed by atoms with Crippen molar-refractivity contribution < 1.29 is 9.47 Å². The van der Waals surface area contributed by atoms with Crippen molar-refractivity contribution >= 4 is 0 Å². The van der Waals surface area contributed by atoms with Crippen LogP contribution in [0.4, 0.5) is 0 Å². The van der Waals surface area contributed by atoms with Gasteiger partial charge in [-0.25, -0.2) is 0 Å². The highest BCUT2D eigenvalue weighted by Gasteiger charge is 2.33. The third-order valence-electron chi connectivity index (χ3n) is 4.55. The van der Waals surface area contributed by atoms with Gasteiger partial charge in [0.2, 0.25) is 0 Å². The molecule has 0 amide bonds. The Hall–Kier alpha value is -1.22. The van der Waals surface area contributed by atoms with Crippen LogP contribution in [0.2, 0.25) is 0 Å². The van der Waals surface area contributed by atoms with E-state index in [1.54, 1.807) is 7.11 Å². The van der Waals surface area contributed by atoms with E-state index in [2.05, 4.69) is 12.2 Å². The molecule has 3 heteroatoms. The topological polar surface area (TPSA) is 30.5 Å². The van der Waals surface area contributed by atoms with Crippen molar-refractivity contribution in [2.75, 3.05) is 26.8 Å². The zero-order chi connectivity index (χ0) is 15.0. The Morgan fingerprint density at radius 2 is 1.76 bits per heavy atom. The van der Waals surface area contributed by atoms with Crippen LogP contribution in [0.1, 0.15) is 45.4 Å². The molecule has 0 unspecified atom stereocenters. The van der Waals surface area contributed by atoms with Gasteiger partial charge in [0.05, 0.1) is 13.7 Å². The Balaban J connectivity index is 1.78. The molecule has 1 fully saturated rings. The largest absolute Gasteiger partial charge is 0.497 e. The third kappa shape index (κ3) is 4.92. The van der Waals surface area contributed by atoms with Gasteiger partial charge < -0.3 is 14.8 Å². The predicted octanol–water partition coefficient (Wildman–Crippen LogP) is 4.02. The fourth-order valence-corrected chi connectivity index (χ4v) is 3.23. The summed E-state index contributed by atoms with van der Waals surface area (Å²) in [5.74, 6) is 1.81. The van der Waals surface area contributed by atoms with Gasteiger partial charge in [-0.3, -0.25) is 0 Å². The van der Waals surface area contributed by atoms with Crippen molar-refractivity contribution in [1.29, 1.82) is 0 Å². The SMILES string of the molecule is CCCNCC1(CCOc2ccc(OC)cc2)CCCC1. The molecule has 0 spiro atoms. The van der Waals surface area contributed by atoms with Gasteiger partial charge in [-0.15, -0.1) is 0 Å². The molecule has 2 rings (SSSR count). The number of hydrogen-bond acceptors (Lipinski definition) is 3. The first-order valence-electron chi connectivity index (χ1n) is 8.25. The van der Waals surface area contributed by atoms with Gasteiger partial charge >= 0.3 is 0 Å². The van der Waals surface area contributed by atoms with Crippen LogP contribution in [0.5, 0.6) is 11.5 Å². The summed E-state index contributed by atoms with van der Waals surface area (Å²) in [7, 11) is 1.68. The molecular weight excluding hydrogens is 262 g/mol. The van der Waals surface area contributed by atoms with Crippen molar-refractivity contribution in [3.05, 3.63) is 24.3 Å². The molecule has 0 radical (unpaired) electrons. The molecule has 0 saturated heterocycles. The minimum atomic E-state index is 0.460. The van der Waals surface area contributed by atoms with Crippen LogP contribution in [0.3, 0.4) is 0 Å². The summed E-state index contributed by atoms with van der Waals surface area (Å²) in [6.45, 7) is 5.30. The Morgan fingerprint density at radius 3 is 2.38 bits per heavy atom. The molecule has 1 saturated carbocycles. The van der Waals surface area contributed by atoms with E-state index in [1.165, 1.54) is 32.1 Å². The van der Waals surface area contributed by atoms with Gasteiger partial charge in [0.15, 0.2) is 0 Å². The molecule has 0 heterocycles. The first kappa shape index (κ1) is 16.2. The number of nitrogens with one attached hydrogen (secondary N) is 1. The number of ether oxygens (including phenoxy) is 2. The molecule has 0 aliphatic heterocycles. The van der Waals surface area contributed by atoms with E-state index >= 15 is 0 Å². The monoisotopic (exact) mass is 291 g/mol. The molecule has 1 aromatic carbocycles. The lowest BCUT2D eigenvalue weighted by atomic mass is 9.83. The summed E-state index contributed by atoms with van der Waals surface area (Å²) in [4.78, 5) is 0. The minimum absolute atomic E-state index is 0.460. The quantitative estimate of drug-likeness (QED) is 0.697. The maximum atomic E-state index is 5.92. The molecule has 21 heavy (non-hydrogen) atoms. The Morgan fingerprint density at radius 1 is 1.10 bits per heavy atom. The van der Waals surface area contributed by atoms with Crippen LogP contribution in [0.25, 0.3) is 0 Å². The van der Waals surface area contributed by atoms with E-state index < -0.39 is 0 Å². The van der Waals surface area contributed by atoms with E-state index in [4.69, 9.17) is 9.47 Å². The van der Waals surface area contributed by atoms with Crippen LogP contribution in [0.15, 0.2) is 24.3 Å². The summed E-state index contributed by atoms with van der Waals surface area (Å²) in [6, 6.07) is 7.86. The molecule has 3 nitrogen and oxygen atoms in total. The molecule has 1 aromatic rings. The summed E-state index contributed by atoms with van der Waals surface area (Å²) in [5.41, 5.74) is 0.460. The van der Waals surface area contributed by atoms with Crippen LogP contribution in [0, 0.1) is 5.41 Å². The third-order valence-corrected chi connectivity index (χ3v) is 4.55. The Bertz CT molecular complexity index is 396. The maximum Gasteiger partial charge on any atom is 0.119 e. The summed E-state index contributed by atoms with van der Waals surface area (Å²) in [5, 5.41) is 3.61. The molecule has 0 bridgehead atoms. The maximum absolute atomic E-state index is 5.92. The number of hydrogen-bond donors (Lipinski definition) is 1. The second kappa shape index (κ2) is 8.28. The molecule has 0 atom stereocenters. The van der Waals surface area contributed by atoms with Crippen LogP contribution >= 0.6 is 0 Å². The van der Waals surface area contributed by atoms with Crippen molar-refractivity contribution in [3.63, 3.8) is 0 Å². The second-order valence-electron chi connectivity index (χ2n) is 6.16. The molecule has 0 aromatic heterocycles. The molecule has 118 valence electrons. The van der Waals surface area contributed by atoms with E-state index in [0.717, 1.165) is 37.6 Å². The van der Waals surface area contributed by atoms with Crippen molar-refractivity contribution in [3.8, 4) is 11.5 Å². The second-order valence-corrected chi connectivity index (χ2v) is 6.16. The highest BCUT2D eigenvalue weighted by Crippen LogP contribution is 2.40. The van der Waals surface area contributed by atoms with Gasteiger partial charge in [0, 0.05) is 6.54 Å². The van der Waals surface area contributed by atoms with Gasteiger partial charge in [0.1, 0.15) is 11.5 Å². The van der Waals surface area contributed by atoms with E-state index in [-0.39, 0.29) is 0 Å². The normalized spacial score (nSPS) is 16.9. The molecule has 1 aliphatic carbocycles. The summed E-state index contributed by atoms with van der Waals surface area (Å²) >= 11 is 0. The highest BCUT2D eigenvalue weighted by atomic mass is 16.5. The lowest BCUT2D eigenvalue weighted by Gasteiger charge is -2.29. The number of rotatable bonds is 9. The van der Waals surface area contributed by atoms with Crippen LogP contribution in [-0.4, -0.2) is 26.8 Å². The number of benzene rings is 1. The average Bonchev–Trinajstić information content (AvgIpc) is 2.97. The number of methoxy groups -OCH3 is 1. The van der Waals surface area contributed by atoms with Crippen molar-refractivity contribution in [2.24, 2.45) is 5.41 Å². The van der Waals surface area contributed by atoms with E-state index in [1.807, 2.05) is 24.3 Å². The first-order chi connectivity index (χ1) is 10.3. The molecule has 1 N–H and O–H groups in total. The van der Waals surface area contributed by atoms with Crippen molar-refractivity contribution in [1.82, 2.24) is 5.32 Å².